The fourth-order valence-corrected chi connectivity index (χ4v) is 25.7. The summed E-state index contributed by atoms with van der Waals surface area (Å²) in [5.41, 5.74) is 0. The van der Waals surface area contributed by atoms with E-state index in [-0.39, 0.29) is 0 Å². The van der Waals surface area contributed by atoms with E-state index in [1.165, 1.54) is 15.9 Å². The van der Waals surface area contributed by atoms with Crippen molar-refractivity contribution in [1.82, 2.24) is 0 Å². The fraction of sp³-hybridized carbons (Fsp3) is 0.259. The van der Waals surface area contributed by atoms with Gasteiger partial charge in [-0.1, -0.05) is 0 Å². The molecule has 0 saturated carbocycles. The summed E-state index contributed by atoms with van der Waals surface area (Å²) in [6, 6.07) is 33.7. The van der Waals surface area contributed by atoms with Crippen LogP contribution in [0, 0.1) is 0 Å². The standard InChI is InChI=1S/C27H34BrPSi/c1-5-6-10-23-27(30(2,3)4)29(28,24-17-11-7-12-18-24,25-19-13-8-14-20-25)26-21-15-9-16-22-26/h6-22,27H,5,23H2,1-4H3/b10-6+. The average Bonchev–Trinajstić information content (AvgIpc) is 2.77. The fourth-order valence-electron chi connectivity index (χ4n) is 4.82. The Balaban J connectivity index is 2.50. The number of hydrogen-bond acceptors (Lipinski definition) is 0. The molecule has 1 atom stereocenters. The van der Waals surface area contributed by atoms with E-state index < -0.39 is 13.4 Å². The first-order valence-electron chi connectivity index (χ1n) is 10.9. The van der Waals surface area contributed by atoms with E-state index in [2.05, 4.69) is 130 Å². The van der Waals surface area contributed by atoms with E-state index >= 15 is 0 Å². The molecule has 3 rings (SSSR count). The molecule has 30 heavy (non-hydrogen) atoms. The van der Waals surface area contributed by atoms with E-state index in [0.717, 1.165) is 12.8 Å². The van der Waals surface area contributed by atoms with Gasteiger partial charge in [0.25, 0.3) is 0 Å². The molecule has 0 spiro atoms. The Morgan fingerprint density at radius 3 is 1.37 bits per heavy atom. The van der Waals surface area contributed by atoms with Gasteiger partial charge in [0.05, 0.1) is 0 Å². The van der Waals surface area contributed by atoms with E-state index in [9.17, 15) is 0 Å². The molecular weight excluding hydrogens is 463 g/mol. The van der Waals surface area contributed by atoms with Gasteiger partial charge in [0.15, 0.2) is 0 Å². The van der Waals surface area contributed by atoms with Gasteiger partial charge >= 0.3 is 193 Å². The van der Waals surface area contributed by atoms with E-state index in [1.54, 1.807) is 0 Å². The van der Waals surface area contributed by atoms with Gasteiger partial charge in [0.2, 0.25) is 0 Å². The Labute approximate surface area is 192 Å². The molecular formula is C27H34BrPSi. The number of halogens is 1. The third-order valence-corrected chi connectivity index (χ3v) is 23.8. The Morgan fingerprint density at radius 1 is 0.700 bits per heavy atom. The summed E-state index contributed by atoms with van der Waals surface area (Å²) in [6.07, 6.45) is 6.94. The Hall–Kier alpha value is -1.47. The van der Waals surface area contributed by atoms with Gasteiger partial charge in [-0.3, -0.25) is 0 Å². The summed E-state index contributed by atoms with van der Waals surface area (Å²) in [5.74, 6) is 0. The van der Waals surface area contributed by atoms with Crippen molar-refractivity contribution >= 4 is 44.8 Å². The van der Waals surface area contributed by atoms with Crippen molar-refractivity contribution in [3.8, 4) is 0 Å². The molecule has 158 valence electrons. The second-order valence-electron chi connectivity index (χ2n) is 9.08. The van der Waals surface area contributed by atoms with Crippen LogP contribution < -0.4 is 15.9 Å². The van der Waals surface area contributed by atoms with Gasteiger partial charge < -0.3 is 0 Å². The first kappa shape index (κ1) is 23.2. The van der Waals surface area contributed by atoms with Gasteiger partial charge in [0.1, 0.15) is 0 Å². The van der Waals surface area contributed by atoms with Crippen molar-refractivity contribution in [3.05, 3.63) is 103 Å². The molecule has 0 heterocycles. The Kier molecular flexibility index (Phi) is 7.23. The molecule has 3 heteroatoms. The Bertz CT molecular complexity index is 863. The quantitative estimate of drug-likeness (QED) is 0.173. The van der Waals surface area contributed by atoms with Gasteiger partial charge in [0, 0.05) is 0 Å². The average molecular weight is 498 g/mol. The molecule has 3 aromatic rings. The Morgan fingerprint density at radius 2 is 1.07 bits per heavy atom. The maximum atomic E-state index is 4.70. The molecule has 0 bridgehead atoms. The van der Waals surface area contributed by atoms with Crippen LogP contribution in [0.3, 0.4) is 0 Å². The van der Waals surface area contributed by atoms with Gasteiger partial charge in [-0.2, -0.15) is 0 Å². The normalized spacial score (nSPS) is 14.9. The molecule has 0 aromatic heterocycles. The van der Waals surface area contributed by atoms with Crippen LogP contribution in [-0.2, 0) is 0 Å². The van der Waals surface area contributed by atoms with Crippen molar-refractivity contribution in [2.24, 2.45) is 0 Å². The summed E-state index contributed by atoms with van der Waals surface area (Å²) in [5, 5.41) is 1.87. The first-order chi connectivity index (χ1) is 14.3. The molecule has 0 aliphatic carbocycles. The molecule has 1 unspecified atom stereocenters. The van der Waals surface area contributed by atoms with Crippen LogP contribution in [0.15, 0.2) is 103 Å². The van der Waals surface area contributed by atoms with Crippen molar-refractivity contribution < 1.29 is 0 Å². The molecule has 0 saturated heterocycles. The SMILES string of the molecule is CC/C=C/CC([Si](C)(C)C)P(Br)(c1ccccc1)(c1ccccc1)c1ccccc1. The zero-order valence-corrected chi connectivity index (χ0v) is 22.1. The monoisotopic (exact) mass is 496 g/mol. The van der Waals surface area contributed by atoms with Gasteiger partial charge in [-0.25, -0.2) is 0 Å². The maximum absolute atomic E-state index is 4.70. The molecule has 0 amide bonds. The summed E-state index contributed by atoms with van der Waals surface area (Å²) < 4.78 is 0. The van der Waals surface area contributed by atoms with E-state index in [1.807, 2.05) is 0 Å². The summed E-state index contributed by atoms with van der Waals surface area (Å²) >= 11 is 4.70. The van der Waals surface area contributed by atoms with Crippen molar-refractivity contribution in [2.75, 3.05) is 0 Å². The van der Waals surface area contributed by atoms with Crippen molar-refractivity contribution in [2.45, 2.75) is 44.7 Å². The van der Waals surface area contributed by atoms with Crippen LogP contribution in [0.4, 0.5) is 0 Å². The van der Waals surface area contributed by atoms with Gasteiger partial charge in [-0.05, 0) is 0 Å². The summed E-state index contributed by atoms with van der Waals surface area (Å²) in [7, 11) is -1.63. The molecule has 0 radical (unpaired) electrons. The molecule has 0 fully saturated rings. The first-order valence-corrected chi connectivity index (χ1v) is 18.8. The van der Waals surface area contributed by atoms with Crippen LogP contribution >= 0.6 is 20.8 Å². The third-order valence-electron chi connectivity index (χ3n) is 6.13. The molecule has 3 aromatic carbocycles. The summed E-state index contributed by atoms with van der Waals surface area (Å²) in [6.45, 7) is 9.83. The van der Waals surface area contributed by atoms with Crippen molar-refractivity contribution in [3.63, 3.8) is 0 Å². The molecule has 0 nitrogen and oxygen atoms in total. The van der Waals surface area contributed by atoms with Crippen LogP contribution in [0.25, 0.3) is 0 Å². The zero-order valence-electron chi connectivity index (χ0n) is 18.6. The van der Waals surface area contributed by atoms with Crippen LogP contribution in [0.1, 0.15) is 19.8 Å². The predicted molar refractivity (Wildman–Crippen MR) is 145 cm³/mol. The number of hydrogen-bond donors (Lipinski definition) is 0. The zero-order chi connectivity index (χ0) is 21.7. The third kappa shape index (κ3) is 4.03. The molecule has 0 N–H and O–H groups in total. The number of benzene rings is 3. The van der Waals surface area contributed by atoms with Crippen LogP contribution in [-0.4, -0.2) is 13.4 Å². The predicted octanol–water partition coefficient (Wildman–Crippen LogP) is 7.43. The van der Waals surface area contributed by atoms with E-state index in [0.29, 0.717) is 5.28 Å². The van der Waals surface area contributed by atoms with Gasteiger partial charge in [-0.15, -0.1) is 0 Å². The molecule has 0 aliphatic rings. The minimum atomic E-state index is -2.94. The number of allylic oxidation sites excluding steroid dienone is 2. The second-order valence-corrected chi connectivity index (χ2v) is 23.7. The van der Waals surface area contributed by atoms with Crippen LogP contribution in [0.2, 0.25) is 19.6 Å². The topological polar surface area (TPSA) is 0 Å². The van der Waals surface area contributed by atoms with E-state index in [4.69, 9.17) is 15.5 Å². The number of rotatable bonds is 8. The summed E-state index contributed by atoms with van der Waals surface area (Å²) in [4.78, 5) is 0. The van der Waals surface area contributed by atoms with Crippen LogP contribution in [0.5, 0.6) is 0 Å². The van der Waals surface area contributed by atoms with Crippen molar-refractivity contribution in [1.29, 1.82) is 0 Å². The second kappa shape index (κ2) is 9.35. The minimum absolute atomic E-state index is 0.526. The molecule has 0 aliphatic heterocycles.